The molecule has 1 saturated heterocycles. The van der Waals surface area contributed by atoms with Crippen LogP contribution in [0.15, 0.2) is 29.7 Å². The van der Waals surface area contributed by atoms with E-state index in [-0.39, 0.29) is 11.7 Å². The molecule has 0 bridgehead atoms. The summed E-state index contributed by atoms with van der Waals surface area (Å²) in [6.45, 7) is 13.9. The van der Waals surface area contributed by atoms with Gasteiger partial charge in [0.05, 0.1) is 6.61 Å². The molecule has 2 atom stereocenters. The highest BCUT2D eigenvalue weighted by molar-refractivity contribution is 8.00. The SMILES string of the molecule is C=C1N=C(N(CC)CC)C=CN1[C@H]1CS[C@@H](COCCCC)O1. The van der Waals surface area contributed by atoms with Crippen LogP contribution in [0.4, 0.5) is 0 Å². The molecule has 2 aliphatic rings. The van der Waals surface area contributed by atoms with Gasteiger partial charge in [-0.1, -0.05) is 19.9 Å². The van der Waals surface area contributed by atoms with Crippen LogP contribution in [0.3, 0.4) is 0 Å². The van der Waals surface area contributed by atoms with Crippen molar-refractivity contribution in [2.75, 3.05) is 32.1 Å². The van der Waals surface area contributed by atoms with E-state index in [1.54, 1.807) is 11.8 Å². The van der Waals surface area contributed by atoms with Gasteiger partial charge in [0, 0.05) is 31.6 Å². The molecule has 2 heterocycles. The van der Waals surface area contributed by atoms with Gasteiger partial charge in [-0.15, -0.1) is 11.8 Å². The summed E-state index contributed by atoms with van der Waals surface area (Å²) in [5.41, 5.74) is 0.103. The van der Waals surface area contributed by atoms with Crippen molar-refractivity contribution in [2.24, 2.45) is 4.99 Å². The summed E-state index contributed by atoms with van der Waals surface area (Å²) in [5, 5.41) is 0. The highest BCUT2D eigenvalue weighted by atomic mass is 32.2. The van der Waals surface area contributed by atoms with E-state index >= 15 is 0 Å². The number of hydrogen-bond acceptors (Lipinski definition) is 6. The van der Waals surface area contributed by atoms with Gasteiger partial charge in [-0.3, -0.25) is 0 Å². The summed E-state index contributed by atoms with van der Waals surface area (Å²) in [5.74, 6) is 2.62. The van der Waals surface area contributed by atoms with Crippen molar-refractivity contribution in [1.82, 2.24) is 9.80 Å². The van der Waals surface area contributed by atoms with E-state index in [1.807, 2.05) is 17.2 Å². The second-order valence-electron chi connectivity index (χ2n) is 5.56. The van der Waals surface area contributed by atoms with Gasteiger partial charge in [-0.25, -0.2) is 4.99 Å². The highest BCUT2D eigenvalue weighted by Crippen LogP contribution is 2.30. The summed E-state index contributed by atoms with van der Waals surface area (Å²) < 4.78 is 11.7. The molecule has 0 radical (unpaired) electrons. The average molecular weight is 340 g/mol. The zero-order valence-electron chi connectivity index (χ0n) is 14.5. The van der Waals surface area contributed by atoms with Crippen LogP contribution in [0, 0.1) is 0 Å². The van der Waals surface area contributed by atoms with Crippen LogP contribution in [-0.4, -0.2) is 59.4 Å². The molecule has 0 aromatic rings. The average Bonchev–Trinajstić information content (AvgIpc) is 3.01. The first-order valence-corrected chi connectivity index (χ1v) is 9.58. The lowest BCUT2D eigenvalue weighted by Gasteiger charge is -2.31. The van der Waals surface area contributed by atoms with Crippen molar-refractivity contribution < 1.29 is 9.47 Å². The number of amidine groups is 1. The molecule has 0 aromatic heterocycles. The van der Waals surface area contributed by atoms with E-state index < -0.39 is 0 Å². The summed E-state index contributed by atoms with van der Waals surface area (Å²) >= 11 is 1.80. The number of nitrogens with zero attached hydrogens (tertiary/aromatic N) is 3. The number of hydrogen-bond donors (Lipinski definition) is 0. The van der Waals surface area contributed by atoms with Gasteiger partial charge >= 0.3 is 0 Å². The van der Waals surface area contributed by atoms with Crippen LogP contribution in [-0.2, 0) is 9.47 Å². The lowest BCUT2D eigenvalue weighted by atomic mass is 10.3. The Kier molecular flexibility index (Phi) is 7.46. The normalized spacial score (nSPS) is 24.2. The first kappa shape index (κ1) is 18.4. The summed E-state index contributed by atoms with van der Waals surface area (Å²) in [4.78, 5) is 8.86. The molecule has 0 unspecified atom stereocenters. The number of thioether (sulfide) groups is 1. The Bertz CT molecular complexity index is 449. The molecular formula is C17H29N3O2S. The van der Waals surface area contributed by atoms with Gasteiger partial charge in [-0.2, -0.15) is 0 Å². The van der Waals surface area contributed by atoms with Crippen LogP contribution >= 0.6 is 11.8 Å². The van der Waals surface area contributed by atoms with E-state index in [1.165, 1.54) is 0 Å². The summed E-state index contributed by atoms with van der Waals surface area (Å²) in [6, 6.07) is 0. The zero-order chi connectivity index (χ0) is 16.7. The molecule has 0 saturated carbocycles. The molecule has 130 valence electrons. The third-order valence-electron chi connectivity index (χ3n) is 3.95. The molecule has 1 fully saturated rings. The first-order chi connectivity index (χ1) is 11.2. The van der Waals surface area contributed by atoms with Crippen LogP contribution in [0.5, 0.6) is 0 Å². The maximum atomic E-state index is 6.07. The quantitative estimate of drug-likeness (QED) is 0.635. The second-order valence-corrected chi connectivity index (χ2v) is 6.76. The van der Waals surface area contributed by atoms with E-state index in [2.05, 4.69) is 37.2 Å². The van der Waals surface area contributed by atoms with Gasteiger partial charge in [-0.05, 0) is 26.3 Å². The number of rotatable bonds is 8. The van der Waals surface area contributed by atoms with Crippen LogP contribution in [0.1, 0.15) is 33.6 Å². The number of unbranched alkanes of at least 4 members (excludes halogenated alkanes) is 1. The molecule has 0 aromatic carbocycles. The van der Waals surface area contributed by atoms with Gasteiger partial charge in [0.15, 0.2) is 0 Å². The molecule has 5 nitrogen and oxygen atoms in total. The Labute approximate surface area is 144 Å². The molecule has 2 aliphatic heterocycles. The minimum atomic E-state index is -0.00877. The topological polar surface area (TPSA) is 37.3 Å². The largest absolute Gasteiger partial charge is 0.378 e. The fraction of sp³-hybridized carbons (Fsp3) is 0.706. The minimum Gasteiger partial charge on any atom is -0.378 e. The van der Waals surface area contributed by atoms with Crippen LogP contribution in [0.2, 0.25) is 0 Å². The van der Waals surface area contributed by atoms with E-state index in [9.17, 15) is 0 Å². The van der Waals surface area contributed by atoms with Gasteiger partial charge in [0.1, 0.15) is 23.3 Å². The molecule has 0 amide bonds. The predicted molar refractivity (Wildman–Crippen MR) is 97.3 cm³/mol. The monoisotopic (exact) mass is 339 g/mol. The summed E-state index contributed by atoms with van der Waals surface area (Å²) in [7, 11) is 0. The smallest absolute Gasteiger partial charge is 0.145 e. The van der Waals surface area contributed by atoms with Gasteiger partial charge < -0.3 is 19.3 Å². The van der Waals surface area contributed by atoms with E-state index in [0.29, 0.717) is 6.61 Å². The van der Waals surface area contributed by atoms with Crippen LogP contribution in [0.25, 0.3) is 0 Å². The Balaban J connectivity index is 1.83. The minimum absolute atomic E-state index is 0.00877. The fourth-order valence-corrected chi connectivity index (χ4v) is 3.57. The maximum Gasteiger partial charge on any atom is 0.145 e. The molecule has 0 spiro atoms. The van der Waals surface area contributed by atoms with E-state index in [4.69, 9.17) is 9.47 Å². The van der Waals surface area contributed by atoms with Gasteiger partial charge in [0.2, 0.25) is 0 Å². The van der Waals surface area contributed by atoms with E-state index in [0.717, 1.165) is 49.9 Å². The van der Waals surface area contributed by atoms with Crippen molar-refractivity contribution >= 4 is 17.6 Å². The number of ether oxygens (including phenoxy) is 2. The molecule has 23 heavy (non-hydrogen) atoms. The van der Waals surface area contributed by atoms with Crippen molar-refractivity contribution in [1.29, 1.82) is 0 Å². The predicted octanol–water partition coefficient (Wildman–Crippen LogP) is 3.26. The Morgan fingerprint density at radius 1 is 1.43 bits per heavy atom. The Morgan fingerprint density at radius 2 is 2.22 bits per heavy atom. The summed E-state index contributed by atoms with van der Waals surface area (Å²) in [6.07, 6.45) is 6.34. The van der Waals surface area contributed by atoms with Crippen LogP contribution < -0.4 is 0 Å². The van der Waals surface area contributed by atoms with Crippen molar-refractivity contribution in [3.63, 3.8) is 0 Å². The number of likely N-dealkylation sites (N-methyl/N-ethyl adjacent to an activating group) is 1. The van der Waals surface area contributed by atoms with Crippen molar-refractivity contribution in [2.45, 2.75) is 45.3 Å². The first-order valence-electron chi connectivity index (χ1n) is 8.53. The standard InChI is InChI=1S/C17H29N3O2S/c1-5-8-11-21-12-17-22-16(13-23-17)20-10-9-15(18-14(20)4)19(6-2)7-3/h9-10,16-17H,4-8,11-13H2,1-3H3/t16-,17+/m1/s1. The lowest BCUT2D eigenvalue weighted by molar-refractivity contribution is -0.0388. The molecule has 6 heteroatoms. The molecule has 0 N–H and O–H groups in total. The van der Waals surface area contributed by atoms with Crippen molar-refractivity contribution in [3.05, 3.63) is 24.7 Å². The van der Waals surface area contributed by atoms with Crippen molar-refractivity contribution in [3.8, 4) is 0 Å². The van der Waals surface area contributed by atoms with Gasteiger partial charge in [0.25, 0.3) is 0 Å². The molecule has 0 aliphatic carbocycles. The maximum absolute atomic E-state index is 6.07. The molecule has 2 rings (SSSR count). The Hall–Kier alpha value is -0.980. The zero-order valence-corrected chi connectivity index (χ0v) is 15.3. The highest BCUT2D eigenvalue weighted by Gasteiger charge is 2.31. The number of aliphatic imine (C=N–C) groups is 1. The third-order valence-corrected chi connectivity index (χ3v) is 5.05. The molecular weight excluding hydrogens is 310 g/mol. The second kappa shape index (κ2) is 9.35. The lowest BCUT2D eigenvalue weighted by Crippen LogP contribution is -2.37. The third kappa shape index (κ3) is 4.99. The fourth-order valence-electron chi connectivity index (χ4n) is 2.55. The Morgan fingerprint density at radius 3 is 2.87 bits per heavy atom.